The Kier molecular flexibility index (Phi) is 8.32. The highest BCUT2D eigenvalue weighted by Crippen LogP contribution is 2.13. The smallest absolute Gasteiger partial charge is 0.326 e. The average molecular weight is 352 g/mol. The van der Waals surface area contributed by atoms with E-state index in [9.17, 15) is 14.4 Å². The van der Waals surface area contributed by atoms with Crippen molar-refractivity contribution >= 4 is 35.2 Å². The van der Waals surface area contributed by atoms with Crippen LogP contribution in [0.1, 0.15) is 32.3 Å². The number of carboxylic acid groups (broad SMARTS) is 1. The number of aliphatic carboxylic acids is 1. The zero-order valence-corrected chi connectivity index (χ0v) is 15.0. The first-order chi connectivity index (χ1) is 11.3. The lowest BCUT2D eigenvalue weighted by Crippen LogP contribution is -2.44. The van der Waals surface area contributed by atoms with E-state index in [0.717, 1.165) is 5.56 Å². The second-order valence-corrected chi connectivity index (χ2v) is 6.88. The van der Waals surface area contributed by atoms with Gasteiger partial charge < -0.3 is 15.7 Å². The molecule has 0 heterocycles. The molecule has 0 fully saturated rings. The highest BCUT2D eigenvalue weighted by Gasteiger charge is 2.22. The van der Waals surface area contributed by atoms with Crippen LogP contribution in [0.4, 0.5) is 5.69 Å². The van der Waals surface area contributed by atoms with Gasteiger partial charge in [-0.1, -0.05) is 31.0 Å². The molecule has 1 aromatic rings. The van der Waals surface area contributed by atoms with Gasteiger partial charge in [0.2, 0.25) is 11.8 Å². The van der Waals surface area contributed by atoms with Gasteiger partial charge in [0.05, 0.1) is 11.0 Å². The number of carbonyl (C=O) groups excluding carboxylic acids is 2. The third-order valence-corrected chi connectivity index (χ3v) is 4.50. The summed E-state index contributed by atoms with van der Waals surface area (Å²) in [6.45, 7) is 5.48. The standard InChI is InChI=1S/C17H24N2O4S/c1-4-5-14(17(22)23)19-16(21)12(3)24-10-15(20)18-13-8-6-11(2)7-9-13/h6-9,12,14H,4-5,10H2,1-3H3,(H,18,20)(H,19,21)(H,22,23). The lowest BCUT2D eigenvalue weighted by molar-refractivity contribution is -0.141. The van der Waals surface area contributed by atoms with E-state index in [4.69, 9.17) is 5.11 Å². The number of amides is 2. The molecule has 24 heavy (non-hydrogen) atoms. The number of benzene rings is 1. The van der Waals surface area contributed by atoms with Crippen LogP contribution in [0.3, 0.4) is 0 Å². The van der Waals surface area contributed by atoms with E-state index in [1.54, 1.807) is 6.92 Å². The van der Waals surface area contributed by atoms with E-state index in [0.29, 0.717) is 18.5 Å². The fourth-order valence-electron chi connectivity index (χ4n) is 1.95. The minimum atomic E-state index is -1.04. The average Bonchev–Trinajstić information content (AvgIpc) is 2.54. The largest absolute Gasteiger partial charge is 0.480 e. The SMILES string of the molecule is CCCC(NC(=O)C(C)SCC(=O)Nc1ccc(C)cc1)C(=O)O. The molecule has 0 aliphatic heterocycles. The Morgan fingerprint density at radius 1 is 1.21 bits per heavy atom. The Labute approximate surface area is 146 Å². The number of anilines is 1. The van der Waals surface area contributed by atoms with Crippen LogP contribution in [0, 0.1) is 6.92 Å². The zero-order valence-electron chi connectivity index (χ0n) is 14.2. The molecule has 0 aromatic heterocycles. The monoisotopic (exact) mass is 352 g/mol. The Balaban J connectivity index is 2.42. The van der Waals surface area contributed by atoms with Gasteiger partial charge in [0, 0.05) is 5.69 Å². The highest BCUT2D eigenvalue weighted by atomic mass is 32.2. The van der Waals surface area contributed by atoms with Gasteiger partial charge in [0.15, 0.2) is 0 Å². The maximum absolute atomic E-state index is 12.0. The van der Waals surface area contributed by atoms with Crippen LogP contribution < -0.4 is 10.6 Å². The number of aryl methyl sites for hydroxylation is 1. The molecule has 2 amide bonds. The van der Waals surface area contributed by atoms with Crippen molar-refractivity contribution in [2.24, 2.45) is 0 Å². The molecule has 6 nitrogen and oxygen atoms in total. The number of nitrogens with one attached hydrogen (secondary N) is 2. The zero-order chi connectivity index (χ0) is 18.1. The lowest BCUT2D eigenvalue weighted by atomic mass is 10.1. The summed E-state index contributed by atoms with van der Waals surface area (Å²) in [6.07, 6.45) is 1.05. The maximum atomic E-state index is 12.0. The molecule has 1 rings (SSSR count). The van der Waals surface area contributed by atoms with Crippen LogP contribution in [0.25, 0.3) is 0 Å². The molecule has 3 N–H and O–H groups in total. The Morgan fingerprint density at radius 2 is 1.83 bits per heavy atom. The van der Waals surface area contributed by atoms with Crippen molar-refractivity contribution in [2.45, 2.75) is 44.9 Å². The summed E-state index contributed by atoms with van der Waals surface area (Å²) in [5.41, 5.74) is 1.81. The maximum Gasteiger partial charge on any atom is 0.326 e. The Bertz CT molecular complexity index is 574. The minimum absolute atomic E-state index is 0.119. The summed E-state index contributed by atoms with van der Waals surface area (Å²) in [4.78, 5) is 35.0. The first kappa shape index (κ1) is 20.0. The van der Waals surface area contributed by atoms with Crippen LogP contribution in [-0.4, -0.2) is 39.9 Å². The summed E-state index contributed by atoms with van der Waals surface area (Å²) in [7, 11) is 0. The summed E-state index contributed by atoms with van der Waals surface area (Å²) >= 11 is 1.17. The predicted octanol–water partition coefficient (Wildman–Crippen LogP) is 2.42. The molecule has 0 saturated heterocycles. The summed E-state index contributed by atoms with van der Waals surface area (Å²) < 4.78 is 0. The molecule has 2 atom stereocenters. The van der Waals surface area contributed by atoms with Gasteiger partial charge in [-0.25, -0.2) is 4.79 Å². The first-order valence-corrected chi connectivity index (χ1v) is 8.89. The van der Waals surface area contributed by atoms with Crippen molar-refractivity contribution in [3.63, 3.8) is 0 Å². The van der Waals surface area contributed by atoms with Crippen molar-refractivity contribution in [1.29, 1.82) is 0 Å². The fraction of sp³-hybridized carbons (Fsp3) is 0.471. The van der Waals surface area contributed by atoms with Crippen LogP contribution in [0.2, 0.25) is 0 Å². The van der Waals surface area contributed by atoms with Gasteiger partial charge in [0.25, 0.3) is 0 Å². The van der Waals surface area contributed by atoms with E-state index < -0.39 is 17.3 Å². The van der Waals surface area contributed by atoms with Crippen LogP contribution in [0.15, 0.2) is 24.3 Å². The predicted molar refractivity (Wildman–Crippen MR) is 96.2 cm³/mol. The topological polar surface area (TPSA) is 95.5 Å². The fourth-order valence-corrected chi connectivity index (χ4v) is 2.64. The van der Waals surface area contributed by atoms with Gasteiger partial charge in [-0.05, 0) is 32.4 Å². The third-order valence-electron chi connectivity index (χ3n) is 3.36. The summed E-state index contributed by atoms with van der Waals surface area (Å²) in [6, 6.07) is 6.55. The second kappa shape index (κ2) is 9.97. The molecular formula is C17H24N2O4S. The highest BCUT2D eigenvalue weighted by molar-refractivity contribution is 8.01. The number of hydrogen-bond acceptors (Lipinski definition) is 4. The van der Waals surface area contributed by atoms with Crippen LogP contribution in [0.5, 0.6) is 0 Å². The normalized spacial score (nSPS) is 13.0. The Morgan fingerprint density at radius 3 is 2.38 bits per heavy atom. The molecule has 0 aliphatic carbocycles. The van der Waals surface area contributed by atoms with Gasteiger partial charge >= 0.3 is 5.97 Å². The lowest BCUT2D eigenvalue weighted by Gasteiger charge is -2.17. The van der Waals surface area contributed by atoms with Crippen LogP contribution in [-0.2, 0) is 14.4 Å². The molecule has 0 aliphatic rings. The van der Waals surface area contributed by atoms with Gasteiger partial charge in [-0.2, -0.15) is 0 Å². The molecule has 0 saturated carbocycles. The van der Waals surface area contributed by atoms with E-state index in [2.05, 4.69) is 10.6 Å². The molecule has 0 radical (unpaired) electrons. The van der Waals surface area contributed by atoms with Crippen molar-refractivity contribution in [3.8, 4) is 0 Å². The number of thioether (sulfide) groups is 1. The van der Waals surface area contributed by atoms with Crippen molar-refractivity contribution in [3.05, 3.63) is 29.8 Å². The van der Waals surface area contributed by atoms with E-state index >= 15 is 0 Å². The van der Waals surface area contributed by atoms with Crippen LogP contribution >= 0.6 is 11.8 Å². The second-order valence-electron chi connectivity index (χ2n) is 5.56. The van der Waals surface area contributed by atoms with Crippen molar-refractivity contribution < 1.29 is 19.5 Å². The summed E-state index contributed by atoms with van der Waals surface area (Å²) in [5, 5.41) is 13.8. The van der Waals surface area contributed by atoms with Crippen molar-refractivity contribution in [1.82, 2.24) is 5.32 Å². The van der Waals surface area contributed by atoms with Crippen molar-refractivity contribution in [2.75, 3.05) is 11.1 Å². The quantitative estimate of drug-likeness (QED) is 0.634. The number of hydrogen-bond donors (Lipinski definition) is 3. The molecule has 2 unspecified atom stereocenters. The van der Waals surface area contributed by atoms with Gasteiger partial charge in [0.1, 0.15) is 6.04 Å². The van der Waals surface area contributed by atoms with E-state index in [1.807, 2.05) is 38.1 Å². The minimum Gasteiger partial charge on any atom is -0.480 e. The summed E-state index contributed by atoms with van der Waals surface area (Å²) in [5.74, 6) is -1.50. The molecule has 1 aromatic carbocycles. The molecule has 7 heteroatoms. The van der Waals surface area contributed by atoms with E-state index in [-0.39, 0.29) is 17.6 Å². The third kappa shape index (κ3) is 7.04. The first-order valence-electron chi connectivity index (χ1n) is 7.84. The van der Waals surface area contributed by atoms with Gasteiger partial charge in [-0.15, -0.1) is 11.8 Å². The number of carboxylic acids is 1. The van der Waals surface area contributed by atoms with Gasteiger partial charge in [-0.3, -0.25) is 9.59 Å². The molecule has 132 valence electrons. The van der Waals surface area contributed by atoms with E-state index in [1.165, 1.54) is 11.8 Å². The number of rotatable bonds is 9. The molecular weight excluding hydrogens is 328 g/mol. The number of carbonyl (C=O) groups is 3. The molecule has 0 bridgehead atoms. The molecule has 0 spiro atoms. The Hall–Kier alpha value is -2.02.